The predicted molar refractivity (Wildman–Crippen MR) is 73.8 cm³/mol. The van der Waals surface area contributed by atoms with Crippen LogP contribution in [0.25, 0.3) is 11.0 Å². The van der Waals surface area contributed by atoms with E-state index >= 15 is 0 Å². The quantitative estimate of drug-likeness (QED) is 0.787. The summed E-state index contributed by atoms with van der Waals surface area (Å²) in [6, 6.07) is 9.61. The summed E-state index contributed by atoms with van der Waals surface area (Å²) in [4.78, 5) is 19.9. The molecule has 0 radical (unpaired) electrons. The number of amides is 1. The molecule has 1 aromatic carbocycles. The van der Waals surface area contributed by atoms with Gasteiger partial charge in [0.25, 0.3) is 5.91 Å². The summed E-state index contributed by atoms with van der Waals surface area (Å²) >= 11 is 0. The lowest BCUT2D eigenvalue weighted by Crippen LogP contribution is -2.13. The minimum absolute atomic E-state index is 0.288. The molecule has 0 spiro atoms. The van der Waals surface area contributed by atoms with Gasteiger partial charge in [0.2, 0.25) is 0 Å². The summed E-state index contributed by atoms with van der Waals surface area (Å²) < 4.78 is 25.8. The fourth-order valence-electron chi connectivity index (χ4n) is 1.84. The van der Waals surface area contributed by atoms with Crippen LogP contribution in [0, 0.1) is 11.6 Å². The summed E-state index contributed by atoms with van der Waals surface area (Å²) in [5, 5.41) is 3.12. The molecule has 4 nitrogen and oxygen atoms in total. The fraction of sp³-hybridized carbons (Fsp3) is 0. The van der Waals surface area contributed by atoms with Crippen molar-refractivity contribution in [3.63, 3.8) is 0 Å². The van der Waals surface area contributed by atoms with E-state index in [1.165, 1.54) is 30.3 Å². The largest absolute Gasteiger partial charge is 0.306 e. The lowest BCUT2D eigenvalue weighted by Gasteiger charge is -2.05. The Kier molecular flexibility index (Phi) is 3.27. The average molecular weight is 285 g/mol. The zero-order chi connectivity index (χ0) is 14.8. The first-order valence-corrected chi connectivity index (χ1v) is 6.11. The molecule has 2 aromatic heterocycles. The molecule has 0 atom stereocenters. The third kappa shape index (κ3) is 2.84. The van der Waals surface area contributed by atoms with Crippen LogP contribution in [-0.4, -0.2) is 15.9 Å². The van der Waals surface area contributed by atoms with Gasteiger partial charge >= 0.3 is 0 Å². The highest BCUT2D eigenvalue weighted by Crippen LogP contribution is 2.15. The molecular weight excluding hydrogens is 276 g/mol. The molecule has 0 aliphatic heterocycles. The van der Waals surface area contributed by atoms with Gasteiger partial charge in [0.1, 0.15) is 17.5 Å². The first kappa shape index (κ1) is 13.1. The molecule has 0 unspecified atom stereocenters. The summed E-state index contributed by atoms with van der Waals surface area (Å²) in [6.07, 6.45) is 1.06. The Labute approximate surface area is 118 Å². The molecule has 104 valence electrons. The molecule has 3 aromatic rings. The number of pyridine rings is 2. The smallest absolute Gasteiger partial charge is 0.256 e. The van der Waals surface area contributed by atoms with Crippen molar-refractivity contribution in [2.24, 2.45) is 0 Å². The van der Waals surface area contributed by atoms with Crippen LogP contribution in [0.2, 0.25) is 0 Å². The van der Waals surface area contributed by atoms with Gasteiger partial charge in [0, 0.05) is 10.9 Å². The van der Waals surface area contributed by atoms with E-state index in [4.69, 9.17) is 0 Å². The standard InChI is InChI=1S/C15H9F2N3O/c16-11-4-1-9(2-5-11)15(21)20-13-6-3-10-7-12(17)8-18-14(10)19-13/h1-8H,(H,18,19,20,21). The van der Waals surface area contributed by atoms with Crippen LogP contribution >= 0.6 is 0 Å². The second-order valence-corrected chi connectivity index (χ2v) is 4.36. The Morgan fingerprint density at radius 1 is 1.00 bits per heavy atom. The predicted octanol–water partition coefficient (Wildman–Crippen LogP) is 3.16. The number of hydrogen-bond donors (Lipinski definition) is 1. The van der Waals surface area contributed by atoms with E-state index in [9.17, 15) is 13.6 Å². The Morgan fingerprint density at radius 2 is 1.76 bits per heavy atom. The minimum atomic E-state index is -0.451. The van der Waals surface area contributed by atoms with Crippen LogP contribution in [0.1, 0.15) is 10.4 Å². The lowest BCUT2D eigenvalue weighted by molar-refractivity contribution is 0.102. The number of nitrogens with one attached hydrogen (secondary N) is 1. The lowest BCUT2D eigenvalue weighted by atomic mass is 10.2. The Balaban J connectivity index is 1.85. The first-order valence-electron chi connectivity index (χ1n) is 6.11. The molecular formula is C15H9F2N3O. The van der Waals surface area contributed by atoms with Gasteiger partial charge in [-0.1, -0.05) is 0 Å². The maximum Gasteiger partial charge on any atom is 0.256 e. The van der Waals surface area contributed by atoms with Crippen LogP contribution < -0.4 is 5.32 Å². The van der Waals surface area contributed by atoms with Crippen molar-refractivity contribution >= 4 is 22.8 Å². The summed E-state index contributed by atoms with van der Waals surface area (Å²) in [6.45, 7) is 0. The van der Waals surface area contributed by atoms with Gasteiger partial charge in [-0.25, -0.2) is 18.7 Å². The van der Waals surface area contributed by atoms with Crippen LogP contribution in [-0.2, 0) is 0 Å². The summed E-state index contributed by atoms with van der Waals surface area (Å²) in [7, 11) is 0. The zero-order valence-electron chi connectivity index (χ0n) is 10.7. The van der Waals surface area contributed by atoms with Crippen molar-refractivity contribution in [3.8, 4) is 0 Å². The molecule has 2 heterocycles. The second kappa shape index (κ2) is 5.24. The van der Waals surface area contributed by atoms with Crippen molar-refractivity contribution in [2.75, 3.05) is 5.32 Å². The summed E-state index contributed by atoms with van der Waals surface area (Å²) in [5.74, 6) is -0.992. The van der Waals surface area contributed by atoms with E-state index in [0.717, 1.165) is 6.20 Å². The van der Waals surface area contributed by atoms with Gasteiger partial charge in [-0.05, 0) is 42.5 Å². The number of halogens is 2. The van der Waals surface area contributed by atoms with Crippen molar-refractivity contribution in [3.05, 3.63) is 65.9 Å². The van der Waals surface area contributed by atoms with Crippen molar-refractivity contribution in [2.45, 2.75) is 0 Å². The van der Waals surface area contributed by atoms with Crippen molar-refractivity contribution < 1.29 is 13.6 Å². The highest BCUT2D eigenvalue weighted by Gasteiger charge is 2.08. The number of carbonyl (C=O) groups is 1. The van der Waals surface area contributed by atoms with Gasteiger partial charge in [0.15, 0.2) is 5.65 Å². The zero-order valence-corrected chi connectivity index (χ0v) is 10.7. The molecule has 0 aliphatic carbocycles. The van der Waals surface area contributed by atoms with Gasteiger partial charge in [-0.2, -0.15) is 0 Å². The molecule has 0 saturated heterocycles. The minimum Gasteiger partial charge on any atom is -0.306 e. The van der Waals surface area contributed by atoms with Gasteiger partial charge < -0.3 is 5.32 Å². The summed E-state index contributed by atoms with van der Waals surface area (Å²) in [5.41, 5.74) is 0.638. The monoisotopic (exact) mass is 285 g/mol. The molecule has 0 fully saturated rings. The van der Waals surface area contributed by atoms with Crippen LogP contribution in [0.4, 0.5) is 14.6 Å². The number of hydrogen-bond acceptors (Lipinski definition) is 3. The second-order valence-electron chi connectivity index (χ2n) is 4.36. The molecule has 6 heteroatoms. The first-order chi connectivity index (χ1) is 10.1. The number of nitrogens with zero attached hydrogens (tertiary/aromatic N) is 2. The average Bonchev–Trinajstić information content (AvgIpc) is 2.48. The molecule has 3 rings (SSSR count). The van der Waals surface area contributed by atoms with E-state index in [0.29, 0.717) is 16.6 Å². The van der Waals surface area contributed by atoms with E-state index in [1.807, 2.05) is 0 Å². The van der Waals surface area contributed by atoms with Crippen LogP contribution in [0.15, 0.2) is 48.7 Å². The van der Waals surface area contributed by atoms with Crippen LogP contribution in [0.3, 0.4) is 0 Å². The molecule has 1 N–H and O–H groups in total. The maximum atomic E-state index is 13.0. The third-order valence-corrected chi connectivity index (χ3v) is 2.86. The van der Waals surface area contributed by atoms with Crippen molar-refractivity contribution in [1.82, 2.24) is 9.97 Å². The maximum absolute atomic E-state index is 13.0. The SMILES string of the molecule is O=C(Nc1ccc2cc(F)cnc2n1)c1ccc(F)cc1. The number of fused-ring (bicyclic) bond motifs is 1. The Morgan fingerprint density at radius 3 is 2.52 bits per heavy atom. The van der Waals surface area contributed by atoms with Gasteiger partial charge in [0.05, 0.1) is 6.20 Å². The number of carbonyl (C=O) groups excluding carboxylic acids is 1. The number of aromatic nitrogens is 2. The number of rotatable bonds is 2. The molecule has 0 saturated carbocycles. The van der Waals surface area contributed by atoms with E-state index in [2.05, 4.69) is 15.3 Å². The number of benzene rings is 1. The van der Waals surface area contributed by atoms with E-state index in [-0.39, 0.29) is 5.82 Å². The van der Waals surface area contributed by atoms with Crippen LogP contribution in [0.5, 0.6) is 0 Å². The molecule has 0 aliphatic rings. The highest BCUT2D eigenvalue weighted by atomic mass is 19.1. The van der Waals surface area contributed by atoms with E-state index < -0.39 is 17.5 Å². The normalized spacial score (nSPS) is 10.6. The highest BCUT2D eigenvalue weighted by molar-refractivity contribution is 6.04. The van der Waals surface area contributed by atoms with Gasteiger partial charge in [-0.15, -0.1) is 0 Å². The van der Waals surface area contributed by atoms with Gasteiger partial charge in [-0.3, -0.25) is 4.79 Å². The topological polar surface area (TPSA) is 54.9 Å². The molecule has 0 bridgehead atoms. The Bertz CT molecular complexity index is 819. The van der Waals surface area contributed by atoms with E-state index in [1.54, 1.807) is 12.1 Å². The molecule has 21 heavy (non-hydrogen) atoms. The third-order valence-electron chi connectivity index (χ3n) is 2.86. The molecule has 1 amide bonds. The van der Waals surface area contributed by atoms with Crippen molar-refractivity contribution in [1.29, 1.82) is 0 Å². The number of anilines is 1. The fourth-order valence-corrected chi connectivity index (χ4v) is 1.84. The Hall–Kier alpha value is -2.89.